The second kappa shape index (κ2) is 10.8. The Hall–Kier alpha value is -6.32. The van der Waals surface area contributed by atoms with Crippen molar-refractivity contribution in [3.8, 4) is 55.9 Å². The minimum absolute atomic E-state index is 0.0543. The Kier molecular flexibility index (Phi) is 6.22. The average molecular weight is 640 g/mol. The zero-order valence-corrected chi connectivity index (χ0v) is 27.9. The first kappa shape index (κ1) is 28.7. The second-order valence-electron chi connectivity index (χ2n) is 13.9. The number of rotatable bonds is 4. The Morgan fingerprint density at radius 3 is 1.78 bits per heavy atom. The van der Waals surface area contributed by atoms with E-state index in [-0.39, 0.29) is 5.41 Å². The first-order valence-electron chi connectivity index (χ1n) is 17.2. The van der Waals surface area contributed by atoms with Crippen molar-refractivity contribution in [1.29, 1.82) is 0 Å². The van der Waals surface area contributed by atoms with Gasteiger partial charge in [-0.25, -0.2) is 9.97 Å². The Balaban J connectivity index is 0.988. The van der Waals surface area contributed by atoms with Crippen molar-refractivity contribution in [2.45, 2.75) is 19.3 Å². The number of hydrogen-bond donors (Lipinski definition) is 0. The molecule has 3 nitrogen and oxygen atoms in total. The fourth-order valence-corrected chi connectivity index (χ4v) is 8.04. The van der Waals surface area contributed by atoms with Crippen molar-refractivity contribution < 1.29 is 0 Å². The Bertz CT molecular complexity index is 2720. The number of imidazole rings is 1. The van der Waals surface area contributed by atoms with Crippen LogP contribution in [0.15, 0.2) is 164 Å². The number of aromatic nitrogens is 3. The predicted molar refractivity (Wildman–Crippen MR) is 207 cm³/mol. The summed E-state index contributed by atoms with van der Waals surface area (Å²) in [6, 6.07) is 54.6. The largest absolute Gasteiger partial charge is 0.306 e. The zero-order chi connectivity index (χ0) is 33.4. The van der Waals surface area contributed by atoms with Gasteiger partial charge in [0.1, 0.15) is 5.65 Å². The monoisotopic (exact) mass is 639 g/mol. The van der Waals surface area contributed by atoms with E-state index >= 15 is 0 Å². The van der Waals surface area contributed by atoms with Gasteiger partial charge >= 0.3 is 0 Å². The molecule has 0 N–H and O–H groups in total. The second-order valence-corrected chi connectivity index (χ2v) is 13.9. The van der Waals surface area contributed by atoms with E-state index in [1.54, 1.807) is 0 Å². The third-order valence-electron chi connectivity index (χ3n) is 10.7. The van der Waals surface area contributed by atoms with Crippen LogP contribution >= 0.6 is 0 Å². The predicted octanol–water partition coefficient (Wildman–Crippen LogP) is 12.0. The van der Waals surface area contributed by atoms with Gasteiger partial charge in [-0.15, -0.1) is 0 Å². The van der Waals surface area contributed by atoms with E-state index in [2.05, 4.69) is 158 Å². The van der Waals surface area contributed by atoms with E-state index in [1.807, 2.05) is 24.4 Å². The number of hydrogen-bond acceptors (Lipinski definition) is 2. The van der Waals surface area contributed by atoms with Gasteiger partial charge in [-0.05, 0) is 62.7 Å². The molecule has 0 radical (unpaired) electrons. The quantitative estimate of drug-likeness (QED) is 0.179. The van der Waals surface area contributed by atoms with E-state index in [0.717, 1.165) is 33.7 Å². The minimum Gasteiger partial charge on any atom is -0.306 e. The van der Waals surface area contributed by atoms with Gasteiger partial charge in [0.05, 0.1) is 16.9 Å². The van der Waals surface area contributed by atoms with Crippen LogP contribution in [0.25, 0.3) is 83.2 Å². The highest BCUT2D eigenvalue weighted by Gasteiger charge is 2.36. The van der Waals surface area contributed by atoms with E-state index in [1.165, 1.54) is 60.7 Å². The summed E-state index contributed by atoms with van der Waals surface area (Å²) < 4.78 is 2.06. The van der Waals surface area contributed by atoms with Gasteiger partial charge in [-0.2, -0.15) is 0 Å². The lowest BCUT2D eigenvalue weighted by atomic mass is 9.82. The van der Waals surface area contributed by atoms with E-state index in [4.69, 9.17) is 9.97 Å². The molecule has 1 aliphatic rings. The van der Waals surface area contributed by atoms with Crippen LogP contribution < -0.4 is 0 Å². The lowest BCUT2D eigenvalue weighted by Crippen LogP contribution is -2.14. The molecule has 0 fully saturated rings. The molecule has 3 heterocycles. The summed E-state index contributed by atoms with van der Waals surface area (Å²) in [6.07, 6.45) is 4.11. The summed E-state index contributed by atoms with van der Waals surface area (Å²) in [5.41, 5.74) is 16.4. The third-order valence-corrected chi connectivity index (χ3v) is 10.7. The van der Waals surface area contributed by atoms with E-state index in [9.17, 15) is 0 Å². The molecule has 0 saturated carbocycles. The molecule has 10 rings (SSSR count). The number of para-hydroxylation sites is 1. The van der Waals surface area contributed by atoms with Crippen LogP contribution in [0.4, 0.5) is 0 Å². The average Bonchev–Trinajstić information content (AvgIpc) is 3.71. The number of fused-ring (bicyclic) bond motifs is 8. The molecule has 236 valence electrons. The highest BCUT2D eigenvalue weighted by atomic mass is 15.0. The van der Waals surface area contributed by atoms with Gasteiger partial charge in [0.25, 0.3) is 0 Å². The van der Waals surface area contributed by atoms with Crippen molar-refractivity contribution in [2.24, 2.45) is 0 Å². The zero-order valence-electron chi connectivity index (χ0n) is 27.9. The molecule has 0 spiro atoms. The van der Waals surface area contributed by atoms with Gasteiger partial charge < -0.3 is 4.40 Å². The lowest BCUT2D eigenvalue weighted by molar-refractivity contribution is 0.661. The summed E-state index contributed by atoms with van der Waals surface area (Å²) in [5.74, 6) is 0. The van der Waals surface area contributed by atoms with Gasteiger partial charge in [0.15, 0.2) is 0 Å². The maximum absolute atomic E-state index is 5.27. The van der Waals surface area contributed by atoms with Crippen LogP contribution in [0.3, 0.4) is 0 Å². The molecular weight excluding hydrogens is 607 g/mol. The van der Waals surface area contributed by atoms with Crippen LogP contribution in [0.1, 0.15) is 25.0 Å². The molecule has 0 atom stereocenters. The van der Waals surface area contributed by atoms with Crippen LogP contribution in [0, 0.1) is 0 Å². The lowest BCUT2D eigenvalue weighted by Gasteiger charge is -2.22. The standard InChI is InChI=1S/C47H33N3/c1-47(2)39-11-5-3-9-36(39)45-40(47)27-26-38-44(45)37-10-4-6-12-41(37)49-46(38)35-24-20-33(21-25-35)31-16-14-30(15-17-31)32-18-22-34(23-19-32)42-29-50-28-8-7-13-43(50)48-42/h3-29H,1-2H3. The first-order chi connectivity index (χ1) is 24.5. The molecule has 0 saturated heterocycles. The highest BCUT2D eigenvalue weighted by molar-refractivity contribution is 6.19. The van der Waals surface area contributed by atoms with Crippen LogP contribution in [-0.2, 0) is 5.41 Å². The van der Waals surface area contributed by atoms with E-state index in [0.29, 0.717) is 0 Å². The fraction of sp³-hybridized carbons (Fsp3) is 0.0638. The molecule has 3 aromatic heterocycles. The number of nitrogens with zero attached hydrogens (tertiary/aromatic N) is 3. The molecular formula is C47H33N3. The third kappa shape index (κ3) is 4.37. The molecule has 1 aliphatic carbocycles. The molecule has 0 bridgehead atoms. The first-order valence-corrected chi connectivity index (χ1v) is 17.2. The Morgan fingerprint density at radius 2 is 1.08 bits per heavy atom. The number of pyridine rings is 2. The van der Waals surface area contributed by atoms with Crippen molar-refractivity contribution >= 4 is 27.3 Å². The molecule has 0 unspecified atom stereocenters. The number of benzene rings is 6. The molecule has 0 aliphatic heterocycles. The molecule has 50 heavy (non-hydrogen) atoms. The summed E-state index contributed by atoms with van der Waals surface area (Å²) in [5, 5.41) is 3.70. The Labute approximate surface area is 291 Å². The minimum atomic E-state index is -0.0543. The van der Waals surface area contributed by atoms with Gasteiger partial charge in [-0.1, -0.05) is 147 Å². The maximum Gasteiger partial charge on any atom is 0.137 e. The van der Waals surface area contributed by atoms with Gasteiger partial charge in [0, 0.05) is 45.1 Å². The summed E-state index contributed by atoms with van der Waals surface area (Å²) in [6.45, 7) is 4.69. The molecule has 9 aromatic rings. The smallest absolute Gasteiger partial charge is 0.137 e. The summed E-state index contributed by atoms with van der Waals surface area (Å²) in [7, 11) is 0. The summed E-state index contributed by atoms with van der Waals surface area (Å²) in [4.78, 5) is 10.0. The molecule has 6 aromatic carbocycles. The van der Waals surface area contributed by atoms with Crippen molar-refractivity contribution in [2.75, 3.05) is 0 Å². The maximum atomic E-state index is 5.27. The highest BCUT2D eigenvalue weighted by Crippen LogP contribution is 2.53. The van der Waals surface area contributed by atoms with Crippen molar-refractivity contribution in [1.82, 2.24) is 14.4 Å². The fourth-order valence-electron chi connectivity index (χ4n) is 8.04. The van der Waals surface area contributed by atoms with E-state index < -0.39 is 0 Å². The normalized spacial score (nSPS) is 13.2. The van der Waals surface area contributed by atoms with Crippen LogP contribution in [0.5, 0.6) is 0 Å². The van der Waals surface area contributed by atoms with Gasteiger partial charge in [0.2, 0.25) is 0 Å². The van der Waals surface area contributed by atoms with Gasteiger partial charge in [-0.3, -0.25) is 0 Å². The summed E-state index contributed by atoms with van der Waals surface area (Å²) >= 11 is 0. The van der Waals surface area contributed by atoms with Crippen molar-refractivity contribution in [3.63, 3.8) is 0 Å². The van der Waals surface area contributed by atoms with Crippen LogP contribution in [0.2, 0.25) is 0 Å². The molecule has 3 heteroatoms. The van der Waals surface area contributed by atoms with Crippen molar-refractivity contribution in [3.05, 3.63) is 175 Å². The molecule has 0 amide bonds. The SMILES string of the molecule is CC1(C)c2ccccc2-c2c1ccc1c(-c3ccc(-c4ccc(-c5ccc(-c6cn7ccccc7n6)cc5)cc4)cc3)nc3ccccc3c21. The Morgan fingerprint density at radius 1 is 0.480 bits per heavy atom. The van der Waals surface area contributed by atoms with Crippen LogP contribution in [-0.4, -0.2) is 14.4 Å². The topological polar surface area (TPSA) is 30.2 Å².